The molecular formula is C14H20N2O3. The summed E-state index contributed by atoms with van der Waals surface area (Å²) in [6.07, 6.45) is 6.78. The molecule has 3 heterocycles. The van der Waals surface area contributed by atoms with Crippen LogP contribution in [0.25, 0.3) is 0 Å². The third-order valence-electron chi connectivity index (χ3n) is 4.34. The Balaban J connectivity index is 1.74. The molecule has 5 nitrogen and oxygen atoms in total. The van der Waals surface area contributed by atoms with Crippen molar-refractivity contribution in [2.45, 2.75) is 31.3 Å². The van der Waals surface area contributed by atoms with Gasteiger partial charge >= 0.3 is 0 Å². The lowest BCUT2D eigenvalue weighted by Gasteiger charge is -2.42. The van der Waals surface area contributed by atoms with Crippen molar-refractivity contribution in [1.29, 1.82) is 0 Å². The van der Waals surface area contributed by atoms with E-state index in [0.717, 1.165) is 38.9 Å². The van der Waals surface area contributed by atoms with E-state index in [1.807, 2.05) is 7.05 Å². The van der Waals surface area contributed by atoms with E-state index in [9.17, 15) is 4.79 Å². The highest BCUT2D eigenvalue weighted by Crippen LogP contribution is 2.38. The number of Topliss-reactive ketones (excluding diaryl/α,β-unsaturated/α-hetero) is 1. The van der Waals surface area contributed by atoms with Gasteiger partial charge in [0.2, 0.25) is 0 Å². The maximum absolute atomic E-state index is 12.6. The van der Waals surface area contributed by atoms with Gasteiger partial charge in [-0.25, -0.2) is 4.98 Å². The van der Waals surface area contributed by atoms with E-state index in [2.05, 4.69) is 4.98 Å². The number of carbonyl (C=O) groups is 1. The SMILES string of the molecule is Cn1cncc1C(=O)C1CCOC2(CCOCC2)C1. The maximum Gasteiger partial charge on any atom is 0.184 e. The number of hydrogen-bond acceptors (Lipinski definition) is 4. The number of aromatic nitrogens is 2. The fraction of sp³-hybridized carbons (Fsp3) is 0.714. The highest BCUT2D eigenvalue weighted by molar-refractivity contribution is 5.96. The second-order valence-electron chi connectivity index (χ2n) is 5.59. The predicted molar refractivity (Wildman–Crippen MR) is 69.0 cm³/mol. The molecule has 1 atom stereocenters. The number of imidazole rings is 1. The van der Waals surface area contributed by atoms with Gasteiger partial charge in [-0.05, 0) is 25.7 Å². The molecule has 3 rings (SSSR count). The van der Waals surface area contributed by atoms with Crippen LogP contribution < -0.4 is 0 Å². The summed E-state index contributed by atoms with van der Waals surface area (Å²) in [5, 5.41) is 0. The molecule has 0 bridgehead atoms. The summed E-state index contributed by atoms with van der Waals surface area (Å²) >= 11 is 0. The Bertz CT molecular complexity index is 458. The van der Waals surface area contributed by atoms with Gasteiger partial charge in [0, 0.05) is 32.8 Å². The van der Waals surface area contributed by atoms with Crippen LogP contribution in [0.3, 0.4) is 0 Å². The van der Waals surface area contributed by atoms with Gasteiger partial charge in [0.25, 0.3) is 0 Å². The number of rotatable bonds is 2. The predicted octanol–water partition coefficient (Wildman–Crippen LogP) is 1.58. The third kappa shape index (κ3) is 2.44. The molecule has 0 aliphatic carbocycles. The van der Waals surface area contributed by atoms with Crippen molar-refractivity contribution in [2.24, 2.45) is 13.0 Å². The lowest BCUT2D eigenvalue weighted by molar-refractivity contribution is -0.142. The smallest absolute Gasteiger partial charge is 0.184 e. The molecule has 0 amide bonds. The Hall–Kier alpha value is -1.20. The Labute approximate surface area is 112 Å². The van der Waals surface area contributed by atoms with Crippen molar-refractivity contribution in [3.63, 3.8) is 0 Å². The number of aryl methyl sites for hydroxylation is 1. The summed E-state index contributed by atoms with van der Waals surface area (Å²) in [4.78, 5) is 16.6. The van der Waals surface area contributed by atoms with Gasteiger partial charge in [0.15, 0.2) is 5.78 Å². The molecule has 104 valence electrons. The van der Waals surface area contributed by atoms with E-state index in [1.165, 1.54) is 0 Å². The fourth-order valence-electron chi connectivity index (χ4n) is 3.15. The molecule has 5 heteroatoms. The van der Waals surface area contributed by atoms with Gasteiger partial charge in [-0.2, -0.15) is 0 Å². The van der Waals surface area contributed by atoms with Crippen molar-refractivity contribution in [3.8, 4) is 0 Å². The molecule has 1 spiro atoms. The molecule has 0 saturated carbocycles. The van der Waals surface area contributed by atoms with Gasteiger partial charge in [-0.15, -0.1) is 0 Å². The molecule has 1 unspecified atom stereocenters. The van der Waals surface area contributed by atoms with Crippen molar-refractivity contribution < 1.29 is 14.3 Å². The lowest BCUT2D eigenvalue weighted by Crippen LogP contribution is -2.46. The first-order chi connectivity index (χ1) is 9.20. The van der Waals surface area contributed by atoms with Crippen LogP contribution in [0.1, 0.15) is 36.2 Å². The molecule has 1 aromatic heterocycles. The van der Waals surface area contributed by atoms with Crippen LogP contribution >= 0.6 is 0 Å². The average Bonchev–Trinajstić information content (AvgIpc) is 2.85. The van der Waals surface area contributed by atoms with Crippen LogP contribution in [0, 0.1) is 5.92 Å². The molecule has 1 aromatic rings. The monoisotopic (exact) mass is 264 g/mol. The highest BCUT2D eigenvalue weighted by Gasteiger charge is 2.41. The average molecular weight is 264 g/mol. The van der Waals surface area contributed by atoms with Crippen LogP contribution in [-0.2, 0) is 16.5 Å². The largest absolute Gasteiger partial charge is 0.381 e. The van der Waals surface area contributed by atoms with Crippen LogP contribution in [0.2, 0.25) is 0 Å². The zero-order chi connectivity index (χ0) is 13.3. The van der Waals surface area contributed by atoms with Crippen molar-refractivity contribution in [2.75, 3.05) is 19.8 Å². The van der Waals surface area contributed by atoms with E-state index in [-0.39, 0.29) is 17.3 Å². The molecular weight excluding hydrogens is 244 g/mol. The van der Waals surface area contributed by atoms with Crippen molar-refractivity contribution >= 4 is 5.78 Å². The zero-order valence-electron chi connectivity index (χ0n) is 11.3. The van der Waals surface area contributed by atoms with Gasteiger partial charge in [-0.3, -0.25) is 4.79 Å². The summed E-state index contributed by atoms with van der Waals surface area (Å²) in [7, 11) is 1.86. The molecule has 2 saturated heterocycles. The number of ketones is 1. The van der Waals surface area contributed by atoms with Gasteiger partial charge in [-0.1, -0.05) is 0 Å². The summed E-state index contributed by atoms with van der Waals surface area (Å²) < 4.78 is 13.2. The number of hydrogen-bond donors (Lipinski definition) is 0. The van der Waals surface area contributed by atoms with E-state index in [0.29, 0.717) is 12.3 Å². The van der Waals surface area contributed by atoms with E-state index < -0.39 is 0 Å². The normalized spacial score (nSPS) is 26.5. The summed E-state index contributed by atoms with van der Waals surface area (Å²) in [6.45, 7) is 2.16. The van der Waals surface area contributed by atoms with Crippen LogP contribution in [0.15, 0.2) is 12.5 Å². The summed E-state index contributed by atoms with van der Waals surface area (Å²) in [6, 6.07) is 0. The van der Waals surface area contributed by atoms with Crippen LogP contribution in [0.5, 0.6) is 0 Å². The number of nitrogens with zero attached hydrogens (tertiary/aromatic N) is 2. The Morgan fingerprint density at radius 2 is 2.21 bits per heavy atom. The van der Waals surface area contributed by atoms with E-state index in [4.69, 9.17) is 9.47 Å². The standard InChI is InChI=1S/C14H20N2O3/c1-16-10-15-9-12(16)13(17)11-2-5-19-14(8-11)3-6-18-7-4-14/h9-11H,2-8H2,1H3. The fourth-order valence-corrected chi connectivity index (χ4v) is 3.15. The first-order valence-electron chi connectivity index (χ1n) is 6.92. The van der Waals surface area contributed by atoms with Crippen LogP contribution in [-0.4, -0.2) is 40.8 Å². The second-order valence-corrected chi connectivity index (χ2v) is 5.59. The topological polar surface area (TPSA) is 53.4 Å². The summed E-state index contributed by atoms with van der Waals surface area (Å²) in [5.74, 6) is 0.261. The van der Waals surface area contributed by atoms with Gasteiger partial charge in [0.05, 0.1) is 18.1 Å². The molecule has 0 radical (unpaired) electrons. The highest BCUT2D eigenvalue weighted by atomic mass is 16.5. The van der Waals surface area contributed by atoms with E-state index >= 15 is 0 Å². The second kappa shape index (κ2) is 5.06. The summed E-state index contributed by atoms with van der Waals surface area (Å²) in [5.41, 5.74) is 0.573. The number of ether oxygens (including phenoxy) is 2. The minimum absolute atomic E-state index is 0.0576. The quantitative estimate of drug-likeness (QED) is 0.761. The van der Waals surface area contributed by atoms with Crippen LogP contribution in [0.4, 0.5) is 0 Å². The maximum atomic E-state index is 12.6. The third-order valence-corrected chi connectivity index (χ3v) is 4.34. The molecule has 0 aromatic carbocycles. The Kier molecular flexibility index (Phi) is 3.41. The van der Waals surface area contributed by atoms with Gasteiger partial charge in [0.1, 0.15) is 5.69 Å². The van der Waals surface area contributed by atoms with Crippen molar-refractivity contribution in [3.05, 3.63) is 18.2 Å². The van der Waals surface area contributed by atoms with Crippen molar-refractivity contribution in [1.82, 2.24) is 9.55 Å². The lowest BCUT2D eigenvalue weighted by atomic mass is 9.78. The Morgan fingerprint density at radius 3 is 2.89 bits per heavy atom. The molecule has 0 N–H and O–H groups in total. The molecule has 2 fully saturated rings. The minimum Gasteiger partial charge on any atom is -0.381 e. The molecule has 19 heavy (non-hydrogen) atoms. The molecule has 2 aliphatic rings. The number of carbonyl (C=O) groups excluding carboxylic acids is 1. The van der Waals surface area contributed by atoms with Gasteiger partial charge < -0.3 is 14.0 Å². The Morgan fingerprint density at radius 1 is 1.42 bits per heavy atom. The first-order valence-corrected chi connectivity index (χ1v) is 6.92. The molecule has 2 aliphatic heterocycles. The minimum atomic E-state index is -0.130. The van der Waals surface area contributed by atoms with E-state index in [1.54, 1.807) is 17.1 Å². The first kappa shape index (κ1) is 12.8. The zero-order valence-corrected chi connectivity index (χ0v) is 11.3.